The number of carbonyl (C=O) groups is 1. The topological polar surface area (TPSA) is 62.2 Å². The van der Waals surface area contributed by atoms with Gasteiger partial charge >= 0.3 is 0 Å². The van der Waals surface area contributed by atoms with E-state index in [2.05, 4.69) is 24.8 Å². The van der Waals surface area contributed by atoms with E-state index in [9.17, 15) is 4.79 Å². The standard InChI is InChI=1S/C19H23N5O/c25-18(24-13-2-5-17(24)15-6-10-20-11-7-15)16-4-1-12-23(14-16)19-21-8-3-9-22-19/h3,6-11,16-17H,1-2,4-5,12-14H2. The van der Waals surface area contributed by atoms with E-state index in [0.29, 0.717) is 6.54 Å². The average Bonchev–Trinajstić information content (AvgIpc) is 3.19. The summed E-state index contributed by atoms with van der Waals surface area (Å²) in [6, 6.07) is 6.07. The number of nitrogens with zero attached hydrogens (tertiary/aromatic N) is 5. The lowest BCUT2D eigenvalue weighted by Gasteiger charge is -2.35. The molecule has 0 spiro atoms. The second-order valence-electron chi connectivity index (χ2n) is 6.80. The first-order valence-electron chi connectivity index (χ1n) is 9.05. The lowest BCUT2D eigenvalue weighted by Crippen LogP contribution is -2.45. The van der Waals surface area contributed by atoms with Crippen molar-refractivity contribution in [3.05, 3.63) is 48.5 Å². The quantitative estimate of drug-likeness (QED) is 0.861. The van der Waals surface area contributed by atoms with Gasteiger partial charge in [0.2, 0.25) is 11.9 Å². The number of pyridine rings is 1. The highest BCUT2D eigenvalue weighted by molar-refractivity contribution is 5.80. The van der Waals surface area contributed by atoms with Gasteiger partial charge in [-0.15, -0.1) is 0 Å². The van der Waals surface area contributed by atoms with Gasteiger partial charge in [-0.1, -0.05) is 0 Å². The van der Waals surface area contributed by atoms with E-state index in [1.807, 2.05) is 30.6 Å². The molecule has 6 nitrogen and oxygen atoms in total. The first-order chi connectivity index (χ1) is 12.3. The van der Waals surface area contributed by atoms with Gasteiger partial charge in [-0.3, -0.25) is 9.78 Å². The maximum absolute atomic E-state index is 13.2. The Morgan fingerprint density at radius 2 is 1.76 bits per heavy atom. The van der Waals surface area contributed by atoms with Crippen LogP contribution in [0.25, 0.3) is 0 Å². The Labute approximate surface area is 147 Å². The Kier molecular flexibility index (Phi) is 4.59. The first-order valence-corrected chi connectivity index (χ1v) is 9.05. The van der Waals surface area contributed by atoms with Gasteiger partial charge in [0.1, 0.15) is 0 Å². The molecule has 2 saturated heterocycles. The summed E-state index contributed by atoms with van der Waals surface area (Å²) in [5.74, 6) is 1.03. The fourth-order valence-corrected chi connectivity index (χ4v) is 4.01. The lowest BCUT2D eigenvalue weighted by molar-refractivity contribution is -0.136. The van der Waals surface area contributed by atoms with Crippen LogP contribution in [0.1, 0.15) is 37.3 Å². The largest absolute Gasteiger partial charge is 0.340 e. The lowest BCUT2D eigenvalue weighted by atomic mass is 9.95. The monoisotopic (exact) mass is 337 g/mol. The maximum Gasteiger partial charge on any atom is 0.227 e. The molecule has 2 atom stereocenters. The van der Waals surface area contributed by atoms with E-state index in [-0.39, 0.29) is 17.9 Å². The van der Waals surface area contributed by atoms with Crippen molar-refractivity contribution in [3.63, 3.8) is 0 Å². The number of hydrogen-bond acceptors (Lipinski definition) is 5. The van der Waals surface area contributed by atoms with E-state index in [1.165, 1.54) is 5.56 Å². The number of anilines is 1. The van der Waals surface area contributed by atoms with Gasteiger partial charge in [-0.05, 0) is 49.4 Å². The van der Waals surface area contributed by atoms with Gasteiger partial charge in [0.25, 0.3) is 0 Å². The summed E-state index contributed by atoms with van der Waals surface area (Å²) in [6.45, 7) is 2.48. The number of piperidine rings is 1. The second-order valence-corrected chi connectivity index (χ2v) is 6.80. The fraction of sp³-hybridized carbons (Fsp3) is 0.474. The number of hydrogen-bond donors (Lipinski definition) is 0. The molecule has 0 saturated carbocycles. The molecule has 0 radical (unpaired) electrons. The predicted octanol–water partition coefficient (Wildman–Crippen LogP) is 2.45. The average molecular weight is 337 g/mol. The Balaban J connectivity index is 1.48. The molecule has 2 fully saturated rings. The van der Waals surface area contributed by atoms with E-state index in [4.69, 9.17) is 0 Å². The highest BCUT2D eigenvalue weighted by Gasteiger charge is 2.36. The van der Waals surface area contributed by atoms with E-state index < -0.39 is 0 Å². The number of rotatable bonds is 3. The third-order valence-electron chi connectivity index (χ3n) is 5.23. The van der Waals surface area contributed by atoms with Crippen molar-refractivity contribution in [2.45, 2.75) is 31.7 Å². The summed E-state index contributed by atoms with van der Waals surface area (Å²) in [5, 5.41) is 0. The summed E-state index contributed by atoms with van der Waals surface area (Å²) < 4.78 is 0. The zero-order valence-electron chi connectivity index (χ0n) is 14.3. The summed E-state index contributed by atoms with van der Waals surface area (Å²) in [4.78, 5) is 30.2. The third-order valence-corrected chi connectivity index (χ3v) is 5.23. The number of carbonyl (C=O) groups excluding carboxylic acids is 1. The molecule has 4 heterocycles. The van der Waals surface area contributed by atoms with Gasteiger partial charge in [-0.2, -0.15) is 0 Å². The zero-order chi connectivity index (χ0) is 17.1. The molecule has 2 aromatic rings. The molecule has 2 aromatic heterocycles. The molecule has 0 N–H and O–H groups in total. The summed E-state index contributed by atoms with van der Waals surface area (Å²) in [6.07, 6.45) is 11.2. The van der Waals surface area contributed by atoms with Crippen LogP contribution in [0, 0.1) is 5.92 Å². The molecule has 130 valence electrons. The van der Waals surface area contributed by atoms with Crippen LogP contribution in [-0.4, -0.2) is 45.4 Å². The van der Waals surface area contributed by atoms with Crippen molar-refractivity contribution in [2.75, 3.05) is 24.5 Å². The first kappa shape index (κ1) is 16.0. The molecule has 0 aromatic carbocycles. The van der Waals surface area contributed by atoms with Gasteiger partial charge in [0.15, 0.2) is 0 Å². The van der Waals surface area contributed by atoms with Crippen LogP contribution in [0.15, 0.2) is 43.0 Å². The van der Waals surface area contributed by atoms with Crippen molar-refractivity contribution in [3.8, 4) is 0 Å². The van der Waals surface area contributed by atoms with Gasteiger partial charge in [-0.25, -0.2) is 9.97 Å². The van der Waals surface area contributed by atoms with Crippen LogP contribution in [0.5, 0.6) is 0 Å². The van der Waals surface area contributed by atoms with Crippen LogP contribution in [0.2, 0.25) is 0 Å². The van der Waals surface area contributed by atoms with Crippen LogP contribution >= 0.6 is 0 Å². The molecule has 2 aliphatic heterocycles. The normalized spacial score (nSPS) is 23.7. The van der Waals surface area contributed by atoms with Crippen LogP contribution in [0.3, 0.4) is 0 Å². The molecule has 2 aliphatic rings. The van der Waals surface area contributed by atoms with Crippen molar-refractivity contribution >= 4 is 11.9 Å². The van der Waals surface area contributed by atoms with Gasteiger partial charge < -0.3 is 9.80 Å². The predicted molar refractivity (Wildman–Crippen MR) is 94.9 cm³/mol. The summed E-state index contributed by atoms with van der Waals surface area (Å²) >= 11 is 0. The van der Waals surface area contributed by atoms with Gasteiger partial charge in [0.05, 0.1) is 12.0 Å². The molecular formula is C19H23N5O. The Bertz CT molecular complexity index is 708. The molecule has 1 amide bonds. The van der Waals surface area contributed by atoms with E-state index in [1.54, 1.807) is 12.4 Å². The van der Waals surface area contributed by atoms with Gasteiger partial charge in [0, 0.05) is 44.4 Å². The minimum atomic E-state index is 0.0278. The molecule has 0 bridgehead atoms. The van der Waals surface area contributed by atoms with Crippen molar-refractivity contribution < 1.29 is 4.79 Å². The minimum absolute atomic E-state index is 0.0278. The van der Waals surface area contributed by atoms with Crippen LogP contribution in [0.4, 0.5) is 5.95 Å². The Morgan fingerprint density at radius 3 is 2.56 bits per heavy atom. The number of amides is 1. The zero-order valence-corrected chi connectivity index (χ0v) is 14.3. The maximum atomic E-state index is 13.2. The van der Waals surface area contributed by atoms with Crippen molar-refractivity contribution in [1.82, 2.24) is 19.9 Å². The Morgan fingerprint density at radius 1 is 1.00 bits per heavy atom. The fourth-order valence-electron chi connectivity index (χ4n) is 4.01. The summed E-state index contributed by atoms with van der Waals surface area (Å²) in [5.41, 5.74) is 1.19. The number of aromatic nitrogens is 3. The molecule has 0 aliphatic carbocycles. The molecule has 2 unspecified atom stereocenters. The SMILES string of the molecule is O=C(C1CCCN(c2ncccn2)C1)N1CCCC1c1ccncc1. The van der Waals surface area contributed by atoms with E-state index in [0.717, 1.165) is 44.7 Å². The summed E-state index contributed by atoms with van der Waals surface area (Å²) in [7, 11) is 0. The van der Waals surface area contributed by atoms with Crippen molar-refractivity contribution in [1.29, 1.82) is 0 Å². The van der Waals surface area contributed by atoms with Crippen molar-refractivity contribution in [2.24, 2.45) is 5.92 Å². The third kappa shape index (κ3) is 3.34. The minimum Gasteiger partial charge on any atom is -0.340 e. The smallest absolute Gasteiger partial charge is 0.227 e. The molecular weight excluding hydrogens is 314 g/mol. The van der Waals surface area contributed by atoms with E-state index >= 15 is 0 Å². The van der Waals surface area contributed by atoms with Crippen LogP contribution < -0.4 is 4.90 Å². The second kappa shape index (κ2) is 7.17. The molecule has 6 heteroatoms. The Hall–Kier alpha value is -2.50. The molecule has 25 heavy (non-hydrogen) atoms. The number of likely N-dealkylation sites (tertiary alicyclic amines) is 1. The highest BCUT2D eigenvalue weighted by Crippen LogP contribution is 2.34. The highest BCUT2D eigenvalue weighted by atomic mass is 16.2. The van der Waals surface area contributed by atoms with Crippen LogP contribution in [-0.2, 0) is 4.79 Å². The molecule has 4 rings (SSSR count).